The molecule has 1 aromatic rings. The minimum absolute atomic E-state index is 0.0304. The van der Waals surface area contributed by atoms with E-state index in [-0.39, 0.29) is 11.4 Å². The Morgan fingerprint density at radius 1 is 1.15 bits per heavy atom. The van der Waals surface area contributed by atoms with Gasteiger partial charge in [-0.15, -0.1) is 0 Å². The van der Waals surface area contributed by atoms with Gasteiger partial charge in [0.2, 0.25) is 0 Å². The van der Waals surface area contributed by atoms with Crippen LogP contribution >= 0.6 is 0 Å². The molecule has 5 nitrogen and oxygen atoms in total. The molecule has 0 aromatic heterocycles. The third-order valence-electron chi connectivity index (χ3n) is 4.34. The Labute approximate surface area is 120 Å². The maximum atomic E-state index is 12.5. The number of benzene rings is 1. The summed E-state index contributed by atoms with van der Waals surface area (Å²) in [6, 6.07) is 5.01. The zero-order valence-corrected chi connectivity index (χ0v) is 12.5. The average molecular weight is 276 g/mol. The van der Waals surface area contributed by atoms with Crippen molar-refractivity contribution in [3.63, 3.8) is 0 Å². The zero-order chi connectivity index (χ0) is 14.9. The number of rotatable bonds is 4. The SMILES string of the molecule is CN(CC1(N(C)C)CCC1)C(=O)c1cc(N)cc(N)c1. The molecule has 1 fully saturated rings. The van der Waals surface area contributed by atoms with Crippen LogP contribution in [0.5, 0.6) is 0 Å². The van der Waals surface area contributed by atoms with Crippen molar-refractivity contribution in [1.82, 2.24) is 9.80 Å². The number of nitrogen functional groups attached to an aromatic ring is 2. The predicted molar refractivity (Wildman–Crippen MR) is 82.5 cm³/mol. The van der Waals surface area contributed by atoms with Crippen LogP contribution in [0.4, 0.5) is 11.4 Å². The highest BCUT2D eigenvalue weighted by Gasteiger charge is 2.40. The normalized spacial score (nSPS) is 16.8. The molecule has 0 bridgehead atoms. The first kappa shape index (κ1) is 14.7. The average Bonchev–Trinajstić information content (AvgIpc) is 2.30. The molecule has 0 aliphatic heterocycles. The van der Waals surface area contributed by atoms with E-state index in [1.807, 2.05) is 7.05 Å². The topological polar surface area (TPSA) is 75.6 Å². The molecular weight excluding hydrogens is 252 g/mol. The molecule has 1 aliphatic carbocycles. The summed E-state index contributed by atoms with van der Waals surface area (Å²) in [5.74, 6) is -0.0304. The van der Waals surface area contributed by atoms with E-state index in [1.165, 1.54) is 6.42 Å². The monoisotopic (exact) mass is 276 g/mol. The van der Waals surface area contributed by atoms with Crippen LogP contribution in [0.2, 0.25) is 0 Å². The van der Waals surface area contributed by atoms with Crippen LogP contribution in [0.25, 0.3) is 0 Å². The summed E-state index contributed by atoms with van der Waals surface area (Å²) in [4.78, 5) is 16.5. The molecule has 0 saturated heterocycles. The lowest BCUT2D eigenvalue weighted by Crippen LogP contribution is -2.57. The molecule has 4 N–H and O–H groups in total. The van der Waals surface area contributed by atoms with Gasteiger partial charge in [-0.2, -0.15) is 0 Å². The summed E-state index contributed by atoms with van der Waals surface area (Å²) in [5.41, 5.74) is 13.2. The van der Waals surface area contributed by atoms with Crippen LogP contribution in [0, 0.1) is 0 Å². The molecule has 5 heteroatoms. The fourth-order valence-corrected chi connectivity index (χ4v) is 2.87. The number of hydrogen-bond acceptors (Lipinski definition) is 4. The Hall–Kier alpha value is -1.75. The van der Waals surface area contributed by atoms with Crippen LogP contribution in [0.1, 0.15) is 29.6 Å². The summed E-state index contributed by atoms with van der Waals surface area (Å²) >= 11 is 0. The second-order valence-electron chi connectivity index (χ2n) is 6.02. The lowest BCUT2D eigenvalue weighted by atomic mass is 9.75. The standard InChI is InChI=1S/C15H24N4O/c1-18(2)15(5-4-6-15)10-19(3)14(20)11-7-12(16)9-13(17)8-11/h7-9H,4-6,10,16-17H2,1-3H3. The van der Waals surface area contributed by atoms with E-state index in [9.17, 15) is 4.79 Å². The van der Waals surface area contributed by atoms with Gasteiger partial charge in [0.05, 0.1) is 0 Å². The molecular formula is C15H24N4O. The number of nitrogens with two attached hydrogens (primary N) is 2. The van der Waals surface area contributed by atoms with E-state index in [0.29, 0.717) is 16.9 Å². The third kappa shape index (κ3) is 2.72. The van der Waals surface area contributed by atoms with E-state index in [1.54, 1.807) is 23.1 Å². The zero-order valence-electron chi connectivity index (χ0n) is 12.5. The molecule has 0 atom stereocenters. The Morgan fingerprint density at radius 3 is 2.10 bits per heavy atom. The first-order valence-electron chi connectivity index (χ1n) is 6.93. The Bertz CT molecular complexity index is 488. The molecule has 1 aromatic carbocycles. The molecule has 0 spiro atoms. The van der Waals surface area contributed by atoms with Crippen molar-refractivity contribution >= 4 is 17.3 Å². The minimum Gasteiger partial charge on any atom is -0.399 e. The van der Waals surface area contributed by atoms with E-state index in [0.717, 1.165) is 19.4 Å². The van der Waals surface area contributed by atoms with E-state index in [2.05, 4.69) is 19.0 Å². The quantitative estimate of drug-likeness (QED) is 0.815. The first-order valence-corrected chi connectivity index (χ1v) is 6.93. The smallest absolute Gasteiger partial charge is 0.253 e. The van der Waals surface area contributed by atoms with Gasteiger partial charge in [0.25, 0.3) is 5.91 Å². The van der Waals surface area contributed by atoms with Gasteiger partial charge in [0.15, 0.2) is 0 Å². The molecule has 1 aliphatic rings. The number of carbonyl (C=O) groups is 1. The second kappa shape index (κ2) is 5.32. The molecule has 2 rings (SSSR count). The number of likely N-dealkylation sites (N-methyl/N-ethyl adjacent to an activating group) is 2. The van der Waals surface area contributed by atoms with Gasteiger partial charge < -0.3 is 21.3 Å². The number of amides is 1. The highest BCUT2D eigenvalue weighted by Crippen LogP contribution is 2.36. The van der Waals surface area contributed by atoms with Crippen molar-refractivity contribution < 1.29 is 4.79 Å². The number of nitrogens with zero attached hydrogens (tertiary/aromatic N) is 2. The van der Waals surface area contributed by atoms with Crippen LogP contribution in [-0.4, -0.2) is 48.9 Å². The van der Waals surface area contributed by atoms with Crippen molar-refractivity contribution in [3.8, 4) is 0 Å². The third-order valence-corrected chi connectivity index (χ3v) is 4.34. The summed E-state index contributed by atoms with van der Waals surface area (Å²) in [6.45, 7) is 0.730. The van der Waals surface area contributed by atoms with Gasteiger partial charge in [0, 0.05) is 36.1 Å². The first-order chi connectivity index (χ1) is 9.34. The molecule has 0 radical (unpaired) electrons. The van der Waals surface area contributed by atoms with Gasteiger partial charge in [-0.05, 0) is 51.6 Å². The van der Waals surface area contributed by atoms with Crippen LogP contribution in [0.15, 0.2) is 18.2 Å². The molecule has 0 heterocycles. The predicted octanol–water partition coefficient (Wildman–Crippen LogP) is 1.41. The van der Waals surface area contributed by atoms with Gasteiger partial charge in [-0.25, -0.2) is 0 Å². The largest absolute Gasteiger partial charge is 0.399 e. The number of hydrogen-bond donors (Lipinski definition) is 2. The highest BCUT2D eigenvalue weighted by atomic mass is 16.2. The van der Waals surface area contributed by atoms with E-state index >= 15 is 0 Å². The molecule has 0 unspecified atom stereocenters. The van der Waals surface area contributed by atoms with Gasteiger partial charge in [-0.3, -0.25) is 4.79 Å². The maximum Gasteiger partial charge on any atom is 0.253 e. The Morgan fingerprint density at radius 2 is 1.70 bits per heavy atom. The Balaban J connectivity index is 2.12. The molecule has 20 heavy (non-hydrogen) atoms. The van der Waals surface area contributed by atoms with Crippen molar-refractivity contribution in [3.05, 3.63) is 23.8 Å². The number of carbonyl (C=O) groups excluding carboxylic acids is 1. The van der Waals surface area contributed by atoms with Crippen molar-refractivity contribution in [2.45, 2.75) is 24.8 Å². The maximum absolute atomic E-state index is 12.5. The molecule has 110 valence electrons. The summed E-state index contributed by atoms with van der Waals surface area (Å²) in [7, 11) is 6.00. The van der Waals surface area contributed by atoms with E-state index in [4.69, 9.17) is 11.5 Å². The molecule has 1 amide bonds. The second-order valence-corrected chi connectivity index (χ2v) is 6.02. The van der Waals surface area contributed by atoms with Crippen molar-refractivity contribution in [2.24, 2.45) is 0 Å². The highest BCUT2D eigenvalue weighted by molar-refractivity contribution is 5.96. The summed E-state index contributed by atoms with van der Waals surface area (Å²) in [5, 5.41) is 0. The van der Waals surface area contributed by atoms with Crippen molar-refractivity contribution in [1.29, 1.82) is 0 Å². The summed E-state index contributed by atoms with van der Waals surface area (Å²) < 4.78 is 0. The number of anilines is 2. The molecule has 1 saturated carbocycles. The van der Waals surface area contributed by atoms with Gasteiger partial charge >= 0.3 is 0 Å². The van der Waals surface area contributed by atoms with Gasteiger partial charge in [-0.1, -0.05) is 0 Å². The van der Waals surface area contributed by atoms with Gasteiger partial charge in [0.1, 0.15) is 0 Å². The van der Waals surface area contributed by atoms with Crippen LogP contribution < -0.4 is 11.5 Å². The Kier molecular flexibility index (Phi) is 3.90. The summed E-state index contributed by atoms with van der Waals surface area (Å²) in [6.07, 6.45) is 3.50. The lowest BCUT2D eigenvalue weighted by molar-refractivity contribution is 0.0252. The van der Waals surface area contributed by atoms with Crippen LogP contribution in [0.3, 0.4) is 0 Å². The fourth-order valence-electron chi connectivity index (χ4n) is 2.87. The van der Waals surface area contributed by atoms with Crippen LogP contribution in [-0.2, 0) is 0 Å². The van der Waals surface area contributed by atoms with Crippen molar-refractivity contribution in [2.75, 3.05) is 39.2 Å². The lowest BCUT2D eigenvalue weighted by Gasteiger charge is -2.49. The van der Waals surface area contributed by atoms with E-state index < -0.39 is 0 Å². The fraction of sp³-hybridized carbons (Fsp3) is 0.533. The minimum atomic E-state index is -0.0304.